The zero-order valence-electron chi connectivity index (χ0n) is 10.9. The number of nitrogens with zero attached hydrogens (tertiary/aromatic N) is 3. The summed E-state index contributed by atoms with van der Waals surface area (Å²) in [5.74, 6) is 0.699. The molecule has 0 unspecified atom stereocenters. The minimum atomic E-state index is 0.457. The number of fused-ring (bicyclic) bond motifs is 1. The van der Waals surface area contributed by atoms with Crippen LogP contribution in [-0.4, -0.2) is 16.7 Å². The Kier molecular flexibility index (Phi) is 3.21. The molecule has 5 heteroatoms. The Balaban J connectivity index is 2.32. The van der Waals surface area contributed by atoms with Crippen LogP contribution in [0, 0.1) is 11.3 Å². The fourth-order valence-corrected chi connectivity index (χ4v) is 2.90. The van der Waals surface area contributed by atoms with Crippen molar-refractivity contribution in [2.75, 3.05) is 7.11 Å². The van der Waals surface area contributed by atoms with Crippen LogP contribution in [0.5, 0.6) is 0 Å². The lowest BCUT2D eigenvalue weighted by molar-refractivity contribution is 0.359. The monoisotopic (exact) mass is 285 g/mol. The van der Waals surface area contributed by atoms with Gasteiger partial charge in [0.05, 0.1) is 17.8 Å². The minimum Gasteiger partial charge on any atom is -0.495 e. The second-order valence-corrected chi connectivity index (χ2v) is 4.83. The van der Waals surface area contributed by atoms with Gasteiger partial charge in [0.15, 0.2) is 0 Å². The maximum absolute atomic E-state index is 9.40. The van der Waals surface area contributed by atoms with Crippen LogP contribution in [0.4, 0.5) is 0 Å². The van der Waals surface area contributed by atoms with E-state index in [9.17, 15) is 5.26 Å². The number of methoxy groups -OCH3 is 1. The summed E-state index contributed by atoms with van der Waals surface area (Å²) in [6.07, 6.45) is 6.29. The van der Waals surface area contributed by atoms with Crippen molar-refractivity contribution in [2.24, 2.45) is 0 Å². The van der Waals surface area contributed by atoms with E-state index in [2.05, 4.69) is 11.1 Å². The van der Waals surface area contributed by atoms with Gasteiger partial charge in [0.1, 0.15) is 23.1 Å². The lowest BCUT2D eigenvalue weighted by atomic mass is 10.1. The third-order valence-corrected chi connectivity index (χ3v) is 3.75. The van der Waals surface area contributed by atoms with Crippen LogP contribution in [0.1, 0.15) is 17.7 Å². The van der Waals surface area contributed by atoms with E-state index in [1.807, 2.05) is 22.8 Å². The Labute approximate surface area is 121 Å². The Hall–Kier alpha value is -2.25. The van der Waals surface area contributed by atoms with Gasteiger partial charge in [-0.25, -0.2) is 0 Å². The van der Waals surface area contributed by atoms with Crippen molar-refractivity contribution in [2.45, 2.75) is 13.0 Å². The summed E-state index contributed by atoms with van der Waals surface area (Å²) in [5, 5.41) is 9.86. The number of pyridine rings is 1. The quantitative estimate of drug-likeness (QED) is 0.849. The molecule has 0 saturated heterocycles. The molecule has 0 bridgehead atoms. The average Bonchev–Trinajstić information content (AvgIpc) is 2.79. The topological polar surface area (TPSA) is 50.8 Å². The first kappa shape index (κ1) is 12.8. The van der Waals surface area contributed by atoms with Gasteiger partial charge in [-0.15, -0.1) is 0 Å². The molecule has 4 nitrogen and oxygen atoms in total. The van der Waals surface area contributed by atoms with Gasteiger partial charge < -0.3 is 9.30 Å². The van der Waals surface area contributed by atoms with Crippen molar-refractivity contribution < 1.29 is 4.74 Å². The highest BCUT2D eigenvalue weighted by Crippen LogP contribution is 2.40. The van der Waals surface area contributed by atoms with Crippen LogP contribution < -0.4 is 0 Å². The summed E-state index contributed by atoms with van der Waals surface area (Å²) in [6.45, 7) is 0.772. The summed E-state index contributed by atoms with van der Waals surface area (Å²) in [4.78, 5) is 4.12. The van der Waals surface area contributed by atoms with Crippen molar-refractivity contribution in [3.63, 3.8) is 0 Å². The normalized spacial score (nSPS) is 13.3. The van der Waals surface area contributed by atoms with E-state index in [-0.39, 0.29) is 0 Å². The van der Waals surface area contributed by atoms with E-state index in [0.29, 0.717) is 16.3 Å². The summed E-state index contributed by atoms with van der Waals surface area (Å²) in [7, 11) is 1.60. The van der Waals surface area contributed by atoms with Crippen LogP contribution in [-0.2, 0) is 11.3 Å². The number of rotatable bonds is 2. The van der Waals surface area contributed by atoms with Gasteiger partial charge in [-0.2, -0.15) is 5.26 Å². The first-order valence-corrected chi connectivity index (χ1v) is 6.62. The number of hydrogen-bond acceptors (Lipinski definition) is 3. The molecule has 2 aromatic rings. The lowest BCUT2D eigenvalue weighted by Crippen LogP contribution is -2.10. The summed E-state index contributed by atoms with van der Waals surface area (Å²) in [5.41, 5.74) is 2.94. The molecule has 100 valence electrons. The SMILES string of the molecule is COC1=CCCn2c1c(C#N)c(Cl)c2-c1cccnc1. The third kappa shape index (κ3) is 1.79. The molecule has 0 saturated carbocycles. The number of nitriles is 1. The number of aromatic nitrogens is 2. The van der Waals surface area contributed by atoms with Crippen molar-refractivity contribution >= 4 is 17.4 Å². The van der Waals surface area contributed by atoms with Gasteiger partial charge >= 0.3 is 0 Å². The maximum Gasteiger partial charge on any atom is 0.140 e. The van der Waals surface area contributed by atoms with Crippen molar-refractivity contribution in [1.82, 2.24) is 9.55 Å². The van der Waals surface area contributed by atoms with Crippen LogP contribution in [0.3, 0.4) is 0 Å². The van der Waals surface area contributed by atoms with Gasteiger partial charge in [0.2, 0.25) is 0 Å². The highest BCUT2D eigenvalue weighted by Gasteiger charge is 2.27. The van der Waals surface area contributed by atoms with E-state index in [1.165, 1.54) is 0 Å². The van der Waals surface area contributed by atoms with E-state index < -0.39 is 0 Å². The molecule has 1 aliphatic heterocycles. The van der Waals surface area contributed by atoms with E-state index >= 15 is 0 Å². The Bertz CT molecular complexity index is 726. The molecule has 0 atom stereocenters. The Morgan fingerprint density at radius 2 is 2.30 bits per heavy atom. The number of hydrogen-bond donors (Lipinski definition) is 0. The molecule has 0 aliphatic carbocycles. The molecular weight excluding hydrogens is 274 g/mol. The molecule has 2 aromatic heterocycles. The van der Waals surface area contributed by atoms with Gasteiger partial charge in [0, 0.05) is 24.5 Å². The average molecular weight is 286 g/mol. The third-order valence-electron chi connectivity index (χ3n) is 3.39. The van der Waals surface area contributed by atoms with Crippen LogP contribution >= 0.6 is 11.6 Å². The van der Waals surface area contributed by atoms with Crippen LogP contribution in [0.2, 0.25) is 5.02 Å². The van der Waals surface area contributed by atoms with Crippen LogP contribution in [0.15, 0.2) is 30.6 Å². The zero-order chi connectivity index (χ0) is 14.1. The minimum absolute atomic E-state index is 0.457. The molecule has 1 aliphatic rings. The lowest BCUT2D eigenvalue weighted by Gasteiger charge is -2.18. The largest absolute Gasteiger partial charge is 0.495 e. The highest BCUT2D eigenvalue weighted by atomic mass is 35.5. The standard InChI is InChI=1S/C15H12ClN3O/c1-20-12-5-3-7-19-14(10-4-2-6-18-9-10)13(16)11(8-17)15(12)19/h2,4-6,9H,3,7H2,1H3. The molecule has 0 amide bonds. The van der Waals surface area contributed by atoms with E-state index in [4.69, 9.17) is 16.3 Å². The molecular formula is C15H12ClN3O. The van der Waals surface area contributed by atoms with Gasteiger partial charge in [-0.1, -0.05) is 11.6 Å². The first-order valence-electron chi connectivity index (χ1n) is 6.25. The summed E-state index contributed by atoms with van der Waals surface area (Å²) in [6, 6.07) is 5.98. The maximum atomic E-state index is 9.40. The van der Waals surface area contributed by atoms with Crippen molar-refractivity contribution in [3.8, 4) is 17.3 Å². The summed E-state index contributed by atoms with van der Waals surface area (Å²) < 4.78 is 7.42. The Morgan fingerprint density at radius 1 is 1.45 bits per heavy atom. The predicted octanol–water partition coefficient (Wildman–Crippen LogP) is 3.47. The molecule has 0 radical (unpaired) electrons. The smallest absolute Gasteiger partial charge is 0.140 e. The van der Waals surface area contributed by atoms with Gasteiger partial charge in [0.25, 0.3) is 0 Å². The zero-order valence-corrected chi connectivity index (χ0v) is 11.7. The second kappa shape index (κ2) is 5.03. The highest BCUT2D eigenvalue weighted by molar-refractivity contribution is 6.34. The molecule has 20 heavy (non-hydrogen) atoms. The van der Waals surface area contributed by atoms with E-state index in [0.717, 1.165) is 29.9 Å². The molecule has 0 aromatic carbocycles. The number of allylic oxidation sites excluding steroid dienone is 1. The Morgan fingerprint density at radius 3 is 2.95 bits per heavy atom. The second-order valence-electron chi connectivity index (χ2n) is 4.45. The molecule has 3 heterocycles. The molecule has 0 spiro atoms. The van der Waals surface area contributed by atoms with Crippen molar-refractivity contribution in [3.05, 3.63) is 46.9 Å². The van der Waals surface area contributed by atoms with Crippen molar-refractivity contribution in [1.29, 1.82) is 5.26 Å². The first-order chi connectivity index (χ1) is 9.77. The predicted molar refractivity (Wildman–Crippen MR) is 77.0 cm³/mol. The number of halogens is 1. The number of ether oxygens (including phenoxy) is 1. The fraction of sp³-hybridized carbons (Fsp3) is 0.200. The summed E-state index contributed by atoms with van der Waals surface area (Å²) >= 11 is 6.42. The molecule has 3 rings (SSSR count). The van der Waals surface area contributed by atoms with Gasteiger partial charge in [-0.3, -0.25) is 4.98 Å². The fourth-order valence-electron chi connectivity index (χ4n) is 2.56. The molecule has 0 fully saturated rings. The van der Waals surface area contributed by atoms with Crippen LogP contribution in [0.25, 0.3) is 17.0 Å². The molecule has 0 N–H and O–H groups in total. The van der Waals surface area contributed by atoms with Gasteiger partial charge in [-0.05, 0) is 24.6 Å². The van der Waals surface area contributed by atoms with E-state index in [1.54, 1.807) is 19.5 Å².